The zero-order chi connectivity index (χ0) is 19.1. The van der Waals surface area contributed by atoms with E-state index in [0.717, 1.165) is 40.4 Å². The van der Waals surface area contributed by atoms with Crippen molar-refractivity contribution in [3.8, 4) is 0 Å². The quantitative estimate of drug-likeness (QED) is 0.746. The van der Waals surface area contributed by atoms with E-state index in [1.54, 1.807) is 6.92 Å². The van der Waals surface area contributed by atoms with E-state index in [-0.39, 0.29) is 11.9 Å². The largest absolute Gasteiger partial charge is 0.360 e. The molecule has 1 amide bonds. The smallest absolute Gasteiger partial charge is 0.219 e. The molecule has 0 aliphatic carbocycles. The first-order valence-corrected chi connectivity index (χ1v) is 9.25. The Labute approximate surface area is 158 Å². The summed E-state index contributed by atoms with van der Waals surface area (Å²) in [6, 6.07) is 6.17. The van der Waals surface area contributed by atoms with Gasteiger partial charge in [-0.1, -0.05) is 6.07 Å². The number of imidazole rings is 1. The first-order valence-electron chi connectivity index (χ1n) is 9.25. The summed E-state index contributed by atoms with van der Waals surface area (Å²) in [6.07, 6.45) is 0.754. The normalized spacial score (nSPS) is 14.9. The Kier molecular flexibility index (Phi) is 4.30. The second-order valence-corrected chi connectivity index (χ2v) is 7.24. The van der Waals surface area contributed by atoms with E-state index < -0.39 is 0 Å². The maximum atomic E-state index is 11.7. The lowest BCUT2D eigenvalue weighted by molar-refractivity contribution is -0.129. The van der Waals surface area contributed by atoms with Crippen LogP contribution in [0.2, 0.25) is 0 Å². The van der Waals surface area contributed by atoms with Crippen molar-refractivity contribution in [3.63, 3.8) is 0 Å². The van der Waals surface area contributed by atoms with Crippen molar-refractivity contribution in [1.82, 2.24) is 24.8 Å². The fourth-order valence-electron chi connectivity index (χ4n) is 3.56. The molecule has 1 atom stereocenters. The highest BCUT2D eigenvalue weighted by Gasteiger charge is 2.24. The number of nitrogens with zero attached hydrogens (tertiary/aromatic N) is 4. The highest BCUT2D eigenvalue weighted by molar-refractivity contribution is 5.76. The van der Waals surface area contributed by atoms with Gasteiger partial charge >= 0.3 is 0 Å². The van der Waals surface area contributed by atoms with E-state index in [4.69, 9.17) is 4.98 Å². The Hall–Kier alpha value is -2.96. The van der Waals surface area contributed by atoms with Crippen LogP contribution in [0.3, 0.4) is 0 Å². The molecule has 0 spiro atoms. The lowest BCUT2D eigenvalue weighted by atomic mass is 10.0. The number of hydrogen-bond donors (Lipinski definition) is 2. The van der Waals surface area contributed by atoms with Gasteiger partial charge in [-0.15, -0.1) is 0 Å². The molecule has 1 aliphatic rings. The summed E-state index contributed by atoms with van der Waals surface area (Å²) in [5.41, 5.74) is 5.23. The maximum Gasteiger partial charge on any atom is 0.219 e. The van der Waals surface area contributed by atoms with Gasteiger partial charge in [0.1, 0.15) is 17.5 Å². The molecule has 140 valence electrons. The monoisotopic (exact) mass is 364 g/mol. The van der Waals surface area contributed by atoms with Crippen molar-refractivity contribution < 1.29 is 4.79 Å². The van der Waals surface area contributed by atoms with Crippen molar-refractivity contribution >= 4 is 22.8 Å². The second-order valence-electron chi connectivity index (χ2n) is 7.24. The van der Waals surface area contributed by atoms with Crippen LogP contribution in [0.25, 0.3) is 11.0 Å². The predicted molar refractivity (Wildman–Crippen MR) is 104 cm³/mol. The minimum atomic E-state index is -0.0260. The Balaban J connectivity index is 1.62. The highest BCUT2D eigenvalue weighted by atomic mass is 16.2. The van der Waals surface area contributed by atoms with E-state index in [1.165, 1.54) is 5.56 Å². The third-order valence-corrected chi connectivity index (χ3v) is 5.04. The molecule has 27 heavy (non-hydrogen) atoms. The van der Waals surface area contributed by atoms with Crippen LogP contribution >= 0.6 is 0 Å². The number of nitrogens with one attached hydrogen (secondary N) is 2. The fraction of sp³-hybridized carbons (Fsp3) is 0.400. The number of benzene rings is 1. The lowest BCUT2D eigenvalue weighted by Crippen LogP contribution is -2.35. The summed E-state index contributed by atoms with van der Waals surface area (Å²) in [6.45, 7) is 8.86. The predicted octanol–water partition coefficient (Wildman–Crippen LogP) is 3.05. The number of carbonyl (C=O) groups excluding carboxylic acids is 1. The molecular weight excluding hydrogens is 340 g/mol. The van der Waals surface area contributed by atoms with Crippen molar-refractivity contribution in [2.45, 2.75) is 46.7 Å². The van der Waals surface area contributed by atoms with Crippen LogP contribution in [0, 0.1) is 13.8 Å². The molecule has 0 fully saturated rings. The summed E-state index contributed by atoms with van der Waals surface area (Å²) in [7, 11) is 0. The molecule has 1 aromatic carbocycles. The molecule has 0 bridgehead atoms. The second kappa shape index (κ2) is 6.64. The molecule has 7 heteroatoms. The average Bonchev–Trinajstić information content (AvgIpc) is 3.04. The number of H-pyrrole nitrogens is 1. The van der Waals surface area contributed by atoms with Crippen molar-refractivity contribution in [1.29, 1.82) is 0 Å². The molecule has 0 radical (unpaired) electrons. The molecule has 0 unspecified atom stereocenters. The Morgan fingerprint density at radius 1 is 1.26 bits per heavy atom. The number of aromatic amines is 1. The minimum absolute atomic E-state index is 0.0260. The standard InChI is InChI=1S/C20H24N6O/c1-11-5-6-16-17(9-11)25-19(24-16)12(2)21-20-15-7-8-26(14(4)27)10-18(15)22-13(3)23-20/h5-6,9,12H,7-8,10H2,1-4H3,(H,24,25)(H,21,22,23)/t12-/m1/s1. The molecular formula is C20H24N6O. The van der Waals surface area contributed by atoms with E-state index in [1.807, 2.05) is 17.9 Å². The molecule has 3 heterocycles. The van der Waals surface area contributed by atoms with Gasteiger partial charge in [-0.25, -0.2) is 15.0 Å². The molecule has 4 rings (SSSR count). The molecule has 3 aromatic rings. The Morgan fingerprint density at radius 3 is 2.85 bits per heavy atom. The molecule has 0 saturated carbocycles. The molecule has 2 aromatic heterocycles. The van der Waals surface area contributed by atoms with Crippen molar-refractivity contribution in [3.05, 3.63) is 46.7 Å². The Bertz CT molecular complexity index is 1020. The topological polar surface area (TPSA) is 86.8 Å². The van der Waals surface area contributed by atoms with Gasteiger partial charge in [0.25, 0.3) is 0 Å². The van der Waals surface area contributed by atoms with Crippen LogP contribution in [-0.4, -0.2) is 37.3 Å². The number of aromatic nitrogens is 4. The zero-order valence-corrected chi connectivity index (χ0v) is 16.1. The summed E-state index contributed by atoms with van der Waals surface area (Å²) in [5.74, 6) is 2.50. The number of rotatable bonds is 3. The van der Waals surface area contributed by atoms with Gasteiger partial charge < -0.3 is 15.2 Å². The number of amides is 1. The number of carbonyl (C=O) groups is 1. The van der Waals surface area contributed by atoms with Crippen LogP contribution in [0.4, 0.5) is 5.82 Å². The van der Waals surface area contributed by atoms with Gasteiger partial charge in [0.05, 0.1) is 29.3 Å². The van der Waals surface area contributed by atoms with E-state index in [2.05, 4.69) is 46.2 Å². The fourth-order valence-corrected chi connectivity index (χ4v) is 3.56. The minimum Gasteiger partial charge on any atom is -0.360 e. The van der Waals surface area contributed by atoms with Crippen LogP contribution in [0.15, 0.2) is 18.2 Å². The van der Waals surface area contributed by atoms with Crippen LogP contribution in [0.5, 0.6) is 0 Å². The summed E-state index contributed by atoms with van der Waals surface area (Å²) >= 11 is 0. The average molecular weight is 364 g/mol. The molecule has 7 nitrogen and oxygen atoms in total. The summed E-state index contributed by atoms with van der Waals surface area (Å²) in [4.78, 5) is 30.8. The van der Waals surface area contributed by atoms with E-state index in [0.29, 0.717) is 18.9 Å². The summed E-state index contributed by atoms with van der Waals surface area (Å²) in [5, 5.41) is 3.50. The van der Waals surface area contributed by atoms with Gasteiger partial charge in [-0.05, 0) is 44.9 Å². The lowest BCUT2D eigenvalue weighted by Gasteiger charge is -2.29. The third-order valence-electron chi connectivity index (χ3n) is 5.04. The van der Waals surface area contributed by atoms with Crippen molar-refractivity contribution in [2.24, 2.45) is 0 Å². The number of anilines is 1. The molecule has 2 N–H and O–H groups in total. The molecule has 1 aliphatic heterocycles. The van der Waals surface area contributed by atoms with E-state index in [9.17, 15) is 4.79 Å². The van der Waals surface area contributed by atoms with Crippen LogP contribution in [-0.2, 0) is 17.8 Å². The van der Waals surface area contributed by atoms with Gasteiger partial charge in [-0.2, -0.15) is 0 Å². The third kappa shape index (κ3) is 3.37. The van der Waals surface area contributed by atoms with Crippen LogP contribution in [0.1, 0.15) is 48.4 Å². The first-order chi connectivity index (χ1) is 12.9. The SMILES string of the molecule is CC(=O)N1CCc2c(nc(C)nc2N[C@H](C)c2nc3ccc(C)cc3[nH]2)C1. The number of fused-ring (bicyclic) bond motifs is 2. The first kappa shape index (κ1) is 17.5. The van der Waals surface area contributed by atoms with Gasteiger partial charge in [0.2, 0.25) is 5.91 Å². The summed E-state index contributed by atoms with van der Waals surface area (Å²) < 4.78 is 0. The molecule has 0 saturated heterocycles. The van der Waals surface area contributed by atoms with Gasteiger partial charge in [0, 0.05) is 19.0 Å². The number of aryl methyl sites for hydroxylation is 2. The Morgan fingerprint density at radius 2 is 2.07 bits per heavy atom. The van der Waals surface area contributed by atoms with Gasteiger partial charge in [0.15, 0.2) is 0 Å². The highest BCUT2D eigenvalue weighted by Crippen LogP contribution is 2.27. The maximum absolute atomic E-state index is 11.7. The van der Waals surface area contributed by atoms with Gasteiger partial charge in [-0.3, -0.25) is 4.79 Å². The van der Waals surface area contributed by atoms with Crippen molar-refractivity contribution in [2.75, 3.05) is 11.9 Å². The van der Waals surface area contributed by atoms with E-state index >= 15 is 0 Å². The number of hydrogen-bond acceptors (Lipinski definition) is 5. The zero-order valence-electron chi connectivity index (χ0n) is 16.1. The van der Waals surface area contributed by atoms with Crippen LogP contribution < -0.4 is 5.32 Å².